The molecule has 2 aromatic heterocycles. The van der Waals surface area contributed by atoms with Crippen LogP contribution >= 0.6 is 23.2 Å². The Morgan fingerprint density at radius 3 is 2.37 bits per heavy atom. The van der Waals surface area contributed by atoms with Crippen LogP contribution in [0.5, 0.6) is 0 Å². The number of methoxy groups -OCH3 is 1. The van der Waals surface area contributed by atoms with Crippen molar-refractivity contribution in [1.29, 1.82) is 0 Å². The van der Waals surface area contributed by atoms with Crippen molar-refractivity contribution in [2.45, 2.75) is 19.8 Å². The third kappa shape index (κ3) is 3.98. The van der Waals surface area contributed by atoms with Crippen LogP contribution in [0, 0.1) is 0 Å². The molecule has 0 bridgehead atoms. The number of carbonyl (C=O) groups excluding carboxylic acids is 4. The fourth-order valence-electron chi connectivity index (χ4n) is 4.33. The van der Waals surface area contributed by atoms with Crippen molar-refractivity contribution in [3.63, 3.8) is 0 Å². The van der Waals surface area contributed by atoms with Gasteiger partial charge in [-0.2, -0.15) is 5.01 Å². The Bertz CT molecular complexity index is 1640. The average Bonchev–Trinajstić information content (AvgIpc) is 3.44. The first-order chi connectivity index (χ1) is 18.3. The number of pyridine rings is 1. The first-order valence-electron chi connectivity index (χ1n) is 11.4. The van der Waals surface area contributed by atoms with E-state index in [9.17, 15) is 19.2 Å². The third-order valence-electron chi connectivity index (χ3n) is 5.99. The van der Waals surface area contributed by atoms with Crippen LogP contribution in [0.25, 0.3) is 22.2 Å². The Morgan fingerprint density at radius 2 is 1.68 bits per heavy atom. The van der Waals surface area contributed by atoms with Crippen LogP contribution in [-0.4, -0.2) is 46.0 Å². The zero-order chi connectivity index (χ0) is 27.1. The van der Waals surface area contributed by atoms with Crippen molar-refractivity contribution in [3.8, 4) is 11.3 Å². The highest BCUT2D eigenvalue weighted by atomic mass is 35.5. The number of rotatable bonds is 6. The molecule has 3 amide bonds. The lowest BCUT2D eigenvalue weighted by atomic mass is 10.0. The van der Waals surface area contributed by atoms with Gasteiger partial charge in [0.2, 0.25) is 5.76 Å². The van der Waals surface area contributed by atoms with Crippen molar-refractivity contribution in [1.82, 2.24) is 20.6 Å². The van der Waals surface area contributed by atoms with Gasteiger partial charge in [0.1, 0.15) is 11.3 Å². The molecule has 0 unspecified atom stereocenters. The van der Waals surface area contributed by atoms with Gasteiger partial charge in [-0.1, -0.05) is 66.0 Å². The van der Waals surface area contributed by atoms with Crippen LogP contribution < -0.4 is 5.43 Å². The van der Waals surface area contributed by atoms with E-state index in [1.807, 2.05) is 6.92 Å². The molecule has 1 aliphatic rings. The molecule has 38 heavy (non-hydrogen) atoms. The third-order valence-corrected chi connectivity index (χ3v) is 6.62. The smallest absolute Gasteiger partial charge is 0.344 e. The molecule has 0 saturated carbocycles. The fraction of sp³-hybridized carbons (Fsp3) is 0.154. The highest BCUT2D eigenvalue weighted by Crippen LogP contribution is 2.37. The maximum atomic E-state index is 13.4. The van der Waals surface area contributed by atoms with Crippen molar-refractivity contribution in [3.05, 3.63) is 80.7 Å². The highest BCUT2D eigenvalue weighted by Gasteiger charge is 2.42. The first-order valence-corrected chi connectivity index (χ1v) is 12.2. The lowest BCUT2D eigenvalue weighted by molar-refractivity contribution is 0.0505. The second-order valence-corrected chi connectivity index (χ2v) is 9.10. The van der Waals surface area contributed by atoms with Crippen LogP contribution in [0.2, 0.25) is 10.0 Å². The van der Waals surface area contributed by atoms with Crippen LogP contribution in [0.4, 0.5) is 0 Å². The van der Waals surface area contributed by atoms with E-state index in [0.717, 1.165) is 7.11 Å². The standard InChI is InChI=1S/C26H18Cl2N4O6/c1-3-7-16-19-17(12-8-4-5-11-15(12)29-16)24(34)32(25(19)35)30-23(33)22-20(26(36)37-2)21(31-38-22)18-13(27)9-6-10-14(18)28/h4-6,8-11H,3,7H2,1-2H3,(H,30,33). The number of ether oxygens (including phenoxy) is 1. The summed E-state index contributed by atoms with van der Waals surface area (Å²) in [5.74, 6) is -4.16. The molecule has 0 aliphatic carbocycles. The van der Waals surface area contributed by atoms with Crippen LogP contribution in [-0.2, 0) is 11.2 Å². The van der Waals surface area contributed by atoms with Gasteiger partial charge in [-0.15, -0.1) is 0 Å². The predicted octanol–water partition coefficient (Wildman–Crippen LogP) is 4.88. The van der Waals surface area contributed by atoms with E-state index in [0.29, 0.717) is 34.4 Å². The van der Waals surface area contributed by atoms with Crippen LogP contribution in [0.1, 0.15) is 60.7 Å². The zero-order valence-corrected chi connectivity index (χ0v) is 21.5. The number of aromatic nitrogens is 2. The van der Waals surface area contributed by atoms with Crippen molar-refractivity contribution in [2.24, 2.45) is 0 Å². The number of para-hydroxylation sites is 1. The van der Waals surface area contributed by atoms with Crippen LogP contribution in [0.3, 0.4) is 0 Å². The summed E-state index contributed by atoms with van der Waals surface area (Å²) in [4.78, 5) is 57.3. The molecule has 2 aromatic carbocycles. The van der Waals surface area contributed by atoms with Gasteiger partial charge in [-0.25, -0.2) is 4.79 Å². The lowest BCUT2D eigenvalue weighted by Crippen LogP contribution is -2.46. The van der Waals surface area contributed by atoms with E-state index in [4.69, 9.17) is 32.5 Å². The number of carbonyl (C=O) groups is 4. The highest BCUT2D eigenvalue weighted by molar-refractivity contribution is 6.39. The number of imide groups is 1. The van der Waals surface area contributed by atoms with Crippen LogP contribution in [0.15, 0.2) is 47.0 Å². The maximum Gasteiger partial charge on any atom is 0.344 e. The summed E-state index contributed by atoms with van der Waals surface area (Å²) in [5, 5.41) is 5.17. The monoisotopic (exact) mass is 552 g/mol. The molecule has 5 rings (SSSR count). The van der Waals surface area contributed by atoms with Gasteiger partial charge >= 0.3 is 11.9 Å². The maximum absolute atomic E-state index is 13.4. The molecule has 1 N–H and O–H groups in total. The predicted molar refractivity (Wildman–Crippen MR) is 137 cm³/mol. The number of hydrazine groups is 1. The molecule has 0 atom stereocenters. The zero-order valence-electron chi connectivity index (χ0n) is 20.0. The number of fused-ring (bicyclic) bond motifs is 3. The van der Waals surface area contributed by atoms with Gasteiger partial charge in [-0.3, -0.25) is 24.8 Å². The quantitative estimate of drug-likeness (QED) is 0.264. The van der Waals surface area contributed by atoms with Gasteiger partial charge in [0.25, 0.3) is 11.8 Å². The Labute approximate surface area is 225 Å². The molecule has 3 heterocycles. The number of aryl methyl sites for hydroxylation is 1. The minimum absolute atomic E-state index is 0.116. The summed E-state index contributed by atoms with van der Waals surface area (Å²) in [7, 11) is 1.10. The average molecular weight is 553 g/mol. The molecular formula is C26H18Cl2N4O6. The van der Waals surface area contributed by atoms with E-state index >= 15 is 0 Å². The topological polar surface area (TPSA) is 132 Å². The molecule has 12 heteroatoms. The number of hydrogen-bond acceptors (Lipinski definition) is 8. The molecule has 4 aromatic rings. The van der Waals surface area contributed by atoms with E-state index in [-0.39, 0.29) is 38.0 Å². The van der Waals surface area contributed by atoms with Crippen molar-refractivity contribution >= 4 is 57.8 Å². The summed E-state index contributed by atoms with van der Waals surface area (Å²) in [5.41, 5.74) is 3.12. The van der Waals surface area contributed by atoms with Gasteiger partial charge in [-0.05, 0) is 24.6 Å². The largest absolute Gasteiger partial charge is 0.465 e. The number of amides is 3. The minimum Gasteiger partial charge on any atom is -0.465 e. The molecule has 192 valence electrons. The van der Waals surface area contributed by atoms with Crippen molar-refractivity contribution in [2.75, 3.05) is 7.11 Å². The number of benzene rings is 2. The van der Waals surface area contributed by atoms with Crippen molar-refractivity contribution < 1.29 is 28.4 Å². The first kappa shape index (κ1) is 25.4. The molecule has 0 saturated heterocycles. The molecule has 0 fully saturated rings. The SMILES string of the molecule is CCCc1nc2ccccc2c2c1C(=O)N(NC(=O)c1onc(-c3c(Cl)cccc3Cl)c1C(=O)OC)C2=O. The van der Waals surface area contributed by atoms with E-state index in [2.05, 4.69) is 15.6 Å². The minimum atomic E-state index is -1.09. The normalized spacial score (nSPS) is 12.7. The van der Waals surface area contributed by atoms with E-state index in [1.165, 1.54) is 12.1 Å². The second kappa shape index (κ2) is 9.88. The Hall–Kier alpha value is -4.28. The summed E-state index contributed by atoms with van der Waals surface area (Å²) in [6.07, 6.45) is 1.13. The number of halogens is 2. The Morgan fingerprint density at radius 1 is 1.00 bits per heavy atom. The summed E-state index contributed by atoms with van der Waals surface area (Å²) in [6, 6.07) is 11.5. The second-order valence-electron chi connectivity index (χ2n) is 8.29. The van der Waals surface area contributed by atoms with Gasteiger partial charge in [0.15, 0.2) is 0 Å². The molecule has 0 radical (unpaired) electrons. The summed E-state index contributed by atoms with van der Waals surface area (Å²) in [6.45, 7) is 1.92. The number of nitrogens with zero attached hydrogens (tertiary/aromatic N) is 3. The van der Waals surface area contributed by atoms with E-state index < -0.39 is 29.5 Å². The Balaban J connectivity index is 1.56. The molecular weight excluding hydrogens is 535 g/mol. The van der Waals surface area contributed by atoms with E-state index in [1.54, 1.807) is 30.3 Å². The molecule has 1 aliphatic heterocycles. The van der Waals surface area contributed by atoms with Gasteiger partial charge in [0, 0.05) is 10.9 Å². The number of esters is 1. The van der Waals surface area contributed by atoms with Gasteiger partial charge in [0.05, 0.1) is 39.5 Å². The number of hydrogen-bond donors (Lipinski definition) is 1. The lowest BCUT2D eigenvalue weighted by Gasteiger charge is -2.14. The Kier molecular flexibility index (Phi) is 6.60. The molecule has 10 nitrogen and oxygen atoms in total. The number of nitrogens with one attached hydrogen (secondary N) is 1. The van der Waals surface area contributed by atoms with Gasteiger partial charge < -0.3 is 9.26 Å². The fourth-order valence-corrected chi connectivity index (χ4v) is 4.91. The summed E-state index contributed by atoms with van der Waals surface area (Å²) < 4.78 is 10.0. The molecule has 0 spiro atoms. The summed E-state index contributed by atoms with van der Waals surface area (Å²) >= 11 is 12.5.